The summed E-state index contributed by atoms with van der Waals surface area (Å²) in [6.45, 7) is 2.04. The van der Waals surface area contributed by atoms with Gasteiger partial charge < -0.3 is 13.7 Å². The van der Waals surface area contributed by atoms with Gasteiger partial charge in [-0.25, -0.2) is 0 Å². The van der Waals surface area contributed by atoms with E-state index in [-0.39, 0.29) is 18.3 Å². The second-order valence-corrected chi connectivity index (χ2v) is 6.55. The van der Waals surface area contributed by atoms with Crippen molar-refractivity contribution >= 4 is 49.4 Å². The van der Waals surface area contributed by atoms with Crippen molar-refractivity contribution < 1.29 is 18.7 Å². The van der Waals surface area contributed by atoms with Gasteiger partial charge in [0.1, 0.15) is 6.54 Å². The Morgan fingerprint density at radius 2 is 2.08 bits per heavy atom. The maximum Gasteiger partial charge on any atom is 0.326 e. The summed E-state index contributed by atoms with van der Waals surface area (Å²) in [7, 11) is 0. The summed E-state index contributed by atoms with van der Waals surface area (Å²) in [4.78, 5) is 28.7. The number of furan rings is 1. The van der Waals surface area contributed by atoms with Crippen LogP contribution < -0.4 is 4.80 Å². The van der Waals surface area contributed by atoms with Crippen LogP contribution >= 0.6 is 27.3 Å². The molecule has 0 fully saturated rings. The number of hydrogen-bond donors (Lipinski definition) is 0. The highest BCUT2D eigenvalue weighted by Gasteiger charge is 2.14. The number of fused-ring (bicyclic) bond motifs is 1. The number of carbonyl (C=O) groups excluding carboxylic acids is 2. The van der Waals surface area contributed by atoms with Gasteiger partial charge in [0.2, 0.25) is 0 Å². The molecule has 0 spiro atoms. The van der Waals surface area contributed by atoms with Gasteiger partial charge in [-0.05, 0) is 47.1 Å². The lowest BCUT2D eigenvalue weighted by molar-refractivity contribution is -0.143. The highest BCUT2D eigenvalue weighted by molar-refractivity contribution is 9.10. The van der Waals surface area contributed by atoms with E-state index in [1.54, 1.807) is 23.6 Å². The van der Waals surface area contributed by atoms with Crippen LogP contribution in [0.4, 0.5) is 0 Å². The molecule has 0 radical (unpaired) electrons. The number of hydrogen-bond acceptors (Lipinski definition) is 5. The fraction of sp³-hybridized carbons (Fsp3) is 0.188. The van der Waals surface area contributed by atoms with Crippen LogP contribution in [-0.2, 0) is 16.1 Å². The van der Waals surface area contributed by atoms with Crippen molar-refractivity contribution in [3.05, 3.63) is 51.6 Å². The Balaban J connectivity index is 2.07. The first-order chi connectivity index (χ1) is 11.6. The summed E-state index contributed by atoms with van der Waals surface area (Å²) in [5.74, 6) is -0.762. The Bertz CT molecular complexity index is 970. The second kappa shape index (κ2) is 7.14. The quantitative estimate of drug-likeness (QED) is 0.620. The van der Waals surface area contributed by atoms with Gasteiger partial charge in [0.05, 0.1) is 16.8 Å². The topological polar surface area (TPSA) is 73.8 Å². The molecule has 0 atom stereocenters. The fourth-order valence-electron chi connectivity index (χ4n) is 2.17. The Hall–Kier alpha value is -2.19. The molecule has 3 rings (SSSR count). The zero-order valence-electron chi connectivity index (χ0n) is 12.7. The predicted molar refractivity (Wildman–Crippen MR) is 92.7 cm³/mol. The van der Waals surface area contributed by atoms with E-state index in [9.17, 15) is 9.59 Å². The predicted octanol–water partition coefficient (Wildman–Crippen LogP) is 3.36. The Morgan fingerprint density at radius 3 is 2.79 bits per heavy atom. The molecule has 8 heteroatoms. The van der Waals surface area contributed by atoms with E-state index in [4.69, 9.17) is 9.15 Å². The Kier molecular flexibility index (Phi) is 4.96. The van der Waals surface area contributed by atoms with Crippen LogP contribution in [0.15, 0.2) is 50.5 Å². The maximum atomic E-state index is 12.3. The SMILES string of the molecule is CCOC(=O)Cn1c(=NC(=O)c2ccc(Br)o2)sc2ccccc21. The Labute approximate surface area is 149 Å². The Morgan fingerprint density at radius 1 is 1.29 bits per heavy atom. The molecule has 3 aromatic rings. The molecule has 2 heterocycles. The number of carbonyl (C=O) groups is 2. The van der Waals surface area contributed by atoms with E-state index < -0.39 is 5.91 Å². The minimum atomic E-state index is -0.509. The van der Waals surface area contributed by atoms with E-state index in [0.717, 1.165) is 10.2 Å². The van der Waals surface area contributed by atoms with E-state index in [2.05, 4.69) is 20.9 Å². The van der Waals surface area contributed by atoms with Crippen molar-refractivity contribution in [1.82, 2.24) is 4.57 Å². The van der Waals surface area contributed by atoms with E-state index >= 15 is 0 Å². The number of halogens is 1. The van der Waals surface area contributed by atoms with Crippen LogP contribution in [0, 0.1) is 0 Å². The van der Waals surface area contributed by atoms with Crippen LogP contribution in [-0.4, -0.2) is 23.1 Å². The molecular formula is C16H13BrN2O4S. The molecule has 0 aliphatic heterocycles. The smallest absolute Gasteiger partial charge is 0.326 e. The zero-order chi connectivity index (χ0) is 17.1. The normalized spacial score (nSPS) is 11.8. The maximum absolute atomic E-state index is 12.3. The number of aromatic nitrogens is 1. The molecular weight excluding hydrogens is 396 g/mol. The van der Waals surface area contributed by atoms with E-state index in [1.807, 2.05) is 24.3 Å². The third-order valence-electron chi connectivity index (χ3n) is 3.16. The van der Waals surface area contributed by atoms with Gasteiger partial charge >= 0.3 is 11.9 Å². The summed E-state index contributed by atoms with van der Waals surface area (Å²) < 4.78 is 13.3. The molecule has 6 nitrogen and oxygen atoms in total. The highest BCUT2D eigenvalue weighted by atomic mass is 79.9. The first-order valence-corrected chi connectivity index (χ1v) is 8.78. The summed E-state index contributed by atoms with van der Waals surface area (Å²) in [5, 5.41) is 0. The van der Waals surface area contributed by atoms with Gasteiger partial charge in [-0.2, -0.15) is 4.99 Å². The fourth-order valence-corrected chi connectivity index (χ4v) is 3.50. The molecule has 1 aromatic carbocycles. The average Bonchev–Trinajstić information content (AvgIpc) is 3.12. The molecule has 0 aliphatic carbocycles. The highest BCUT2D eigenvalue weighted by Crippen LogP contribution is 2.18. The van der Waals surface area contributed by atoms with E-state index in [0.29, 0.717) is 16.1 Å². The number of nitrogens with zero attached hydrogens (tertiary/aromatic N) is 2. The standard InChI is InChI=1S/C16H13BrN2O4S/c1-2-22-14(20)9-19-10-5-3-4-6-12(10)24-16(19)18-15(21)11-7-8-13(17)23-11/h3-8H,2,9H2,1H3. The largest absolute Gasteiger partial charge is 0.465 e. The third kappa shape index (κ3) is 3.49. The van der Waals surface area contributed by atoms with Crippen molar-refractivity contribution in [3.63, 3.8) is 0 Å². The van der Waals surface area contributed by atoms with Crippen LogP contribution in [0.1, 0.15) is 17.5 Å². The number of amides is 1. The first kappa shape index (κ1) is 16.7. The molecule has 2 aromatic heterocycles. The number of thiazole rings is 1. The second-order valence-electron chi connectivity index (χ2n) is 4.76. The van der Waals surface area contributed by atoms with Crippen LogP contribution in [0.25, 0.3) is 10.2 Å². The van der Waals surface area contributed by atoms with Gasteiger partial charge in [0, 0.05) is 0 Å². The number of para-hydroxylation sites is 1. The number of rotatable bonds is 4. The summed E-state index contributed by atoms with van der Waals surface area (Å²) >= 11 is 4.48. The lowest BCUT2D eigenvalue weighted by Gasteiger charge is -2.04. The molecule has 24 heavy (non-hydrogen) atoms. The summed E-state index contributed by atoms with van der Waals surface area (Å²) in [6.07, 6.45) is 0. The van der Waals surface area contributed by atoms with Crippen molar-refractivity contribution in [1.29, 1.82) is 0 Å². The molecule has 0 bridgehead atoms. The number of ether oxygens (including phenoxy) is 1. The summed E-state index contributed by atoms with van der Waals surface area (Å²) in [5.41, 5.74) is 0.822. The van der Waals surface area contributed by atoms with Gasteiger partial charge in [-0.1, -0.05) is 23.5 Å². The molecule has 124 valence electrons. The first-order valence-electron chi connectivity index (χ1n) is 7.17. The lowest BCUT2D eigenvalue weighted by Crippen LogP contribution is -2.23. The van der Waals surface area contributed by atoms with Crippen molar-refractivity contribution in [2.24, 2.45) is 4.99 Å². The number of esters is 1. The van der Waals surface area contributed by atoms with Crippen LogP contribution in [0.3, 0.4) is 0 Å². The molecule has 0 saturated carbocycles. The van der Waals surface area contributed by atoms with Crippen molar-refractivity contribution in [3.8, 4) is 0 Å². The summed E-state index contributed by atoms with van der Waals surface area (Å²) in [6, 6.07) is 10.7. The monoisotopic (exact) mass is 408 g/mol. The van der Waals surface area contributed by atoms with Gasteiger partial charge in [0.15, 0.2) is 15.2 Å². The molecule has 0 aliphatic rings. The molecule has 0 N–H and O–H groups in total. The minimum absolute atomic E-state index is 0.00812. The van der Waals surface area contributed by atoms with Crippen molar-refractivity contribution in [2.75, 3.05) is 6.61 Å². The number of benzene rings is 1. The molecule has 0 unspecified atom stereocenters. The van der Waals surface area contributed by atoms with Crippen LogP contribution in [0.5, 0.6) is 0 Å². The zero-order valence-corrected chi connectivity index (χ0v) is 15.1. The molecule has 0 saturated heterocycles. The average molecular weight is 409 g/mol. The van der Waals surface area contributed by atoms with Gasteiger partial charge in [-0.3, -0.25) is 9.59 Å². The third-order valence-corrected chi connectivity index (χ3v) is 4.65. The molecule has 1 amide bonds. The lowest BCUT2D eigenvalue weighted by atomic mass is 10.3. The van der Waals surface area contributed by atoms with Gasteiger partial charge in [0.25, 0.3) is 0 Å². The van der Waals surface area contributed by atoms with Crippen molar-refractivity contribution in [2.45, 2.75) is 13.5 Å². The van der Waals surface area contributed by atoms with E-state index in [1.165, 1.54) is 11.3 Å². The van der Waals surface area contributed by atoms with Crippen LogP contribution in [0.2, 0.25) is 0 Å². The van der Waals surface area contributed by atoms with Gasteiger partial charge in [-0.15, -0.1) is 0 Å². The minimum Gasteiger partial charge on any atom is -0.465 e.